The molecule has 0 fully saturated rings. The number of nitrogens with zero attached hydrogens (tertiary/aromatic N) is 4. The van der Waals surface area contributed by atoms with Crippen LogP contribution in [0.15, 0.2) is 36.5 Å². The van der Waals surface area contributed by atoms with Gasteiger partial charge < -0.3 is 4.90 Å². The Morgan fingerprint density at radius 1 is 1.27 bits per heavy atom. The van der Waals surface area contributed by atoms with E-state index >= 15 is 0 Å². The number of anilines is 1. The Kier molecular flexibility index (Phi) is 4.02. The summed E-state index contributed by atoms with van der Waals surface area (Å²) >= 11 is 0. The summed E-state index contributed by atoms with van der Waals surface area (Å²) in [6.45, 7) is 9.02. The second kappa shape index (κ2) is 6.24. The Labute approximate surface area is 153 Å². The quantitative estimate of drug-likeness (QED) is 0.686. The van der Waals surface area contributed by atoms with Crippen LogP contribution in [-0.4, -0.2) is 27.2 Å². The maximum absolute atomic E-state index is 13.3. The Balaban J connectivity index is 1.78. The first kappa shape index (κ1) is 16.8. The van der Waals surface area contributed by atoms with Gasteiger partial charge in [-0.1, -0.05) is 25.1 Å². The van der Waals surface area contributed by atoms with Crippen LogP contribution in [0.3, 0.4) is 0 Å². The lowest BCUT2D eigenvalue weighted by atomic mass is 9.91. The van der Waals surface area contributed by atoms with Crippen LogP contribution < -0.4 is 4.90 Å². The minimum absolute atomic E-state index is 0.0218. The van der Waals surface area contributed by atoms with E-state index in [0.29, 0.717) is 11.5 Å². The van der Waals surface area contributed by atoms with Crippen molar-refractivity contribution < 1.29 is 4.79 Å². The zero-order chi connectivity index (χ0) is 18.4. The number of carbonyl (C=O) groups excluding carboxylic acids is 1. The Bertz CT molecular complexity index is 989. The number of para-hydroxylation sites is 1. The number of hydrogen-bond acceptors (Lipinski definition) is 3. The molecule has 3 heterocycles. The van der Waals surface area contributed by atoms with E-state index in [1.165, 1.54) is 5.56 Å². The first-order valence-corrected chi connectivity index (χ1v) is 9.23. The van der Waals surface area contributed by atoms with Crippen LogP contribution in [0.1, 0.15) is 60.8 Å². The Hall–Kier alpha value is -2.69. The van der Waals surface area contributed by atoms with Gasteiger partial charge in [0.15, 0.2) is 5.65 Å². The molecule has 1 atom stereocenters. The molecule has 2 aromatic heterocycles. The highest BCUT2D eigenvalue weighted by atomic mass is 16.2. The van der Waals surface area contributed by atoms with Gasteiger partial charge in [-0.25, -0.2) is 9.67 Å². The van der Waals surface area contributed by atoms with E-state index in [1.807, 2.05) is 40.8 Å². The van der Waals surface area contributed by atoms with Crippen molar-refractivity contribution in [3.8, 4) is 0 Å². The third-order valence-electron chi connectivity index (χ3n) is 5.27. The molecule has 0 saturated carbocycles. The Morgan fingerprint density at radius 3 is 2.81 bits per heavy atom. The maximum Gasteiger partial charge on any atom is 0.260 e. The average Bonchev–Trinajstić information content (AvgIpc) is 3.04. The van der Waals surface area contributed by atoms with Gasteiger partial charge >= 0.3 is 0 Å². The van der Waals surface area contributed by atoms with E-state index in [4.69, 9.17) is 4.98 Å². The van der Waals surface area contributed by atoms with E-state index in [1.54, 1.807) is 6.20 Å². The smallest absolute Gasteiger partial charge is 0.260 e. The summed E-state index contributed by atoms with van der Waals surface area (Å²) in [5.74, 6) is 0.495. The highest BCUT2D eigenvalue weighted by Crippen LogP contribution is 2.35. The number of carbonyl (C=O) groups is 1. The highest BCUT2D eigenvalue weighted by Gasteiger charge is 2.28. The molecule has 1 aromatic carbocycles. The minimum Gasteiger partial charge on any atom is -0.308 e. The van der Waals surface area contributed by atoms with Gasteiger partial charge in [0.25, 0.3) is 5.91 Å². The minimum atomic E-state index is 0.0218. The monoisotopic (exact) mass is 348 g/mol. The molecule has 5 heteroatoms. The zero-order valence-corrected chi connectivity index (χ0v) is 15.7. The number of rotatable bonds is 2. The number of hydrogen-bond donors (Lipinski definition) is 0. The van der Waals surface area contributed by atoms with E-state index in [0.717, 1.165) is 35.4 Å². The number of aryl methyl sites for hydroxylation is 1. The molecule has 5 nitrogen and oxygen atoms in total. The first-order valence-electron chi connectivity index (χ1n) is 9.23. The van der Waals surface area contributed by atoms with Crippen LogP contribution in [0.5, 0.6) is 0 Å². The summed E-state index contributed by atoms with van der Waals surface area (Å²) in [6, 6.07) is 10.4. The van der Waals surface area contributed by atoms with Crippen molar-refractivity contribution >= 4 is 22.6 Å². The maximum atomic E-state index is 13.3. The van der Waals surface area contributed by atoms with Gasteiger partial charge in [-0.15, -0.1) is 0 Å². The molecule has 0 radical (unpaired) electrons. The van der Waals surface area contributed by atoms with Crippen molar-refractivity contribution in [3.63, 3.8) is 0 Å². The van der Waals surface area contributed by atoms with Gasteiger partial charge in [0.05, 0.1) is 17.5 Å². The van der Waals surface area contributed by atoms with Crippen LogP contribution in [0.25, 0.3) is 11.0 Å². The molecule has 0 aliphatic carbocycles. The number of aromatic nitrogens is 3. The lowest BCUT2D eigenvalue weighted by molar-refractivity contribution is 0.0983. The van der Waals surface area contributed by atoms with E-state index in [-0.39, 0.29) is 11.9 Å². The molecule has 0 bridgehead atoms. The van der Waals surface area contributed by atoms with Crippen molar-refractivity contribution in [1.82, 2.24) is 14.8 Å². The first-order chi connectivity index (χ1) is 12.5. The van der Waals surface area contributed by atoms with Gasteiger partial charge in [-0.3, -0.25) is 4.79 Å². The lowest BCUT2D eigenvalue weighted by Crippen LogP contribution is -2.36. The normalized spacial score (nSPS) is 17.0. The van der Waals surface area contributed by atoms with Crippen molar-refractivity contribution in [3.05, 3.63) is 53.3 Å². The van der Waals surface area contributed by atoms with E-state index in [9.17, 15) is 4.79 Å². The average molecular weight is 348 g/mol. The highest BCUT2D eigenvalue weighted by molar-refractivity contribution is 6.08. The van der Waals surface area contributed by atoms with Crippen molar-refractivity contribution in [2.24, 2.45) is 0 Å². The second-order valence-electron chi connectivity index (χ2n) is 7.42. The summed E-state index contributed by atoms with van der Waals surface area (Å²) in [7, 11) is 0. The van der Waals surface area contributed by atoms with Crippen molar-refractivity contribution in [2.75, 3.05) is 11.4 Å². The molecule has 0 saturated heterocycles. The number of fused-ring (bicyclic) bond motifs is 2. The van der Waals surface area contributed by atoms with Gasteiger partial charge in [0, 0.05) is 23.7 Å². The molecule has 4 rings (SSSR count). The zero-order valence-electron chi connectivity index (χ0n) is 15.7. The van der Waals surface area contributed by atoms with Crippen molar-refractivity contribution in [1.29, 1.82) is 0 Å². The molecule has 0 N–H and O–H groups in total. The topological polar surface area (TPSA) is 51.0 Å². The summed E-state index contributed by atoms with van der Waals surface area (Å²) in [6.07, 6.45) is 2.77. The van der Waals surface area contributed by atoms with Crippen LogP contribution in [0.4, 0.5) is 5.69 Å². The molecule has 3 aromatic rings. The molecular weight excluding hydrogens is 324 g/mol. The van der Waals surface area contributed by atoms with Crippen LogP contribution in [-0.2, 0) is 0 Å². The Morgan fingerprint density at radius 2 is 2.04 bits per heavy atom. The summed E-state index contributed by atoms with van der Waals surface area (Å²) in [4.78, 5) is 19.9. The fraction of sp³-hybridized carbons (Fsp3) is 0.381. The molecule has 0 spiro atoms. The van der Waals surface area contributed by atoms with Crippen LogP contribution in [0.2, 0.25) is 0 Å². The molecule has 26 heavy (non-hydrogen) atoms. The molecule has 0 unspecified atom stereocenters. The third-order valence-corrected chi connectivity index (χ3v) is 5.27. The summed E-state index contributed by atoms with van der Waals surface area (Å²) in [5.41, 5.74) is 4.51. The standard InChI is InChI=1S/C21H24N4O/c1-13(2)25-20-16(12-22-25)11-18(15(4)23-20)21(26)24-10-9-14(3)17-7-5-6-8-19(17)24/h5-8,11-14H,9-10H2,1-4H3/t14-/m1/s1. The van der Waals surface area contributed by atoms with Gasteiger partial charge in [-0.05, 0) is 50.8 Å². The van der Waals surface area contributed by atoms with Crippen LogP contribution in [0, 0.1) is 6.92 Å². The van der Waals surface area contributed by atoms with E-state index in [2.05, 4.69) is 31.9 Å². The van der Waals surface area contributed by atoms with Crippen LogP contribution >= 0.6 is 0 Å². The fourth-order valence-electron chi connectivity index (χ4n) is 3.77. The van der Waals surface area contributed by atoms with Crippen molar-refractivity contribution in [2.45, 2.75) is 46.1 Å². The number of benzene rings is 1. The largest absolute Gasteiger partial charge is 0.308 e. The summed E-state index contributed by atoms with van der Waals surface area (Å²) < 4.78 is 1.90. The van der Waals surface area contributed by atoms with Gasteiger partial charge in [0.2, 0.25) is 0 Å². The predicted molar refractivity (Wildman–Crippen MR) is 104 cm³/mol. The fourth-order valence-corrected chi connectivity index (χ4v) is 3.77. The predicted octanol–water partition coefficient (Wildman–Crippen LogP) is 4.47. The lowest BCUT2D eigenvalue weighted by Gasteiger charge is -2.33. The second-order valence-corrected chi connectivity index (χ2v) is 7.42. The van der Waals surface area contributed by atoms with E-state index < -0.39 is 0 Å². The molecular formula is C21H24N4O. The van der Waals surface area contributed by atoms with Gasteiger partial charge in [-0.2, -0.15) is 5.10 Å². The summed E-state index contributed by atoms with van der Waals surface area (Å²) in [5, 5.41) is 5.33. The SMILES string of the molecule is Cc1nc2c(cnn2C(C)C)cc1C(=O)N1CC[C@@H](C)c2ccccc21. The molecule has 1 aliphatic heterocycles. The number of pyridine rings is 1. The molecule has 1 amide bonds. The third kappa shape index (κ3) is 2.59. The van der Waals surface area contributed by atoms with Gasteiger partial charge in [0.1, 0.15) is 0 Å². The number of amides is 1. The molecule has 1 aliphatic rings. The molecule has 134 valence electrons.